The highest BCUT2D eigenvalue weighted by Crippen LogP contribution is 2.19. The molecule has 0 bridgehead atoms. The van der Waals surface area contributed by atoms with Crippen LogP contribution in [0.5, 0.6) is 0 Å². The molecule has 7 heteroatoms. The maximum Gasteiger partial charge on any atom is 0.191 e. The van der Waals surface area contributed by atoms with Crippen molar-refractivity contribution < 1.29 is 0 Å². The van der Waals surface area contributed by atoms with Gasteiger partial charge in [-0.1, -0.05) is 36.4 Å². The summed E-state index contributed by atoms with van der Waals surface area (Å²) in [5.41, 5.74) is 2.31. The molecule has 0 aliphatic carbocycles. The average Bonchev–Trinajstić information content (AvgIpc) is 3.43. The third kappa shape index (κ3) is 4.74. The number of aromatic nitrogens is 3. The second kappa shape index (κ2) is 9.23. The molecule has 0 amide bonds. The third-order valence-corrected chi connectivity index (χ3v) is 5.03. The molecule has 29 heavy (non-hydrogen) atoms. The van der Waals surface area contributed by atoms with Gasteiger partial charge in [0.15, 0.2) is 11.8 Å². The van der Waals surface area contributed by atoms with Gasteiger partial charge in [-0.05, 0) is 37.6 Å². The second-order valence-electron chi connectivity index (χ2n) is 7.06. The van der Waals surface area contributed by atoms with Crippen LogP contribution >= 0.6 is 0 Å². The van der Waals surface area contributed by atoms with E-state index in [1.807, 2.05) is 34.9 Å². The highest BCUT2D eigenvalue weighted by atomic mass is 15.3. The van der Waals surface area contributed by atoms with Crippen LogP contribution in [-0.2, 0) is 6.54 Å². The lowest BCUT2D eigenvalue weighted by atomic mass is 10.3. The fourth-order valence-corrected chi connectivity index (χ4v) is 3.59. The molecule has 1 aliphatic heterocycles. The van der Waals surface area contributed by atoms with Crippen molar-refractivity contribution in [1.82, 2.24) is 25.4 Å². The summed E-state index contributed by atoms with van der Waals surface area (Å²) in [7, 11) is 0. The van der Waals surface area contributed by atoms with Gasteiger partial charge >= 0.3 is 0 Å². The highest BCUT2D eigenvalue weighted by molar-refractivity contribution is 5.80. The quantitative estimate of drug-likeness (QED) is 0.501. The normalized spacial score (nSPS) is 16.8. The summed E-state index contributed by atoms with van der Waals surface area (Å²) in [5.74, 6) is 1.63. The van der Waals surface area contributed by atoms with Gasteiger partial charge in [-0.3, -0.25) is 4.57 Å². The molecule has 1 aliphatic rings. The van der Waals surface area contributed by atoms with Gasteiger partial charge in [-0.25, -0.2) is 4.99 Å². The molecule has 0 radical (unpaired) electrons. The molecular formula is C22H27N7. The largest absolute Gasteiger partial charge is 0.369 e. The van der Waals surface area contributed by atoms with Crippen LogP contribution in [0, 0.1) is 0 Å². The lowest BCUT2D eigenvalue weighted by molar-refractivity contribution is 0.647. The minimum Gasteiger partial charge on any atom is -0.369 e. The zero-order chi connectivity index (χ0) is 19.9. The summed E-state index contributed by atoms with van der Waals surface area (Å²) < 4.78 is 1.97. The highest BCUT2D eigenvalue weighted by Gasteiger charge is 2.23. The Bertz CT molecular complexity index is 921. The second-order valence-corrected chi connectivity index (χ2v) is 7.06. The number of para-hydroxylation sites is 2. The molecule has 0 spiro atoms. The summed E-state index contributed by atoms with van der Waals surface area (Å²) >= 11 is 0. The first kappa shape index (κ1) is 19.0. The molecule has 1 unspecified atom stereocenters. The van der Waals surface area contributed by atoms with Crippen molar-refractivity contribution in [2.75, 3.05) is 24.5 Å². The number of anilines is 1. The number of benzene rings is 2. The Balaban J connectivity index is 1.41. The minimum absolute atomic E-state index is 0.361. The van der Waals surface area contributed by atoms with Crippen LogP contribution in [0.3, 0.4) is 0 Å². The number of aliphatic imine (C=N–C) groups is 1. The molecule has 4 rings (SSSR count). The van der Waals surface area contributed by atoms with E-state index in [-0.39, 0.29) is 0 Å². The molecule has 1 saturated heterocycles. The van der Waals surface area contributed by atoms with Crippen LogP contribution < -0.4 is 15.5 Å². The van der Waals surface area contributed by atoms with Crippen molar-refractivity contribution in [1.29, 1.82) is 0 Å². The summed E-state index contributed by atoms with van der Waals surface area (Å²) in [4.78, 5) is 7.17. The Morgan fingerprint density at radius 3 is 2.52 bits per heavy atom. The van der Waals surface area contributed by atoms with Crippen LogP contribution in [0.1, 0.15) is 19.2 Å². The Morgan fingerprint density at radius 2 is 1.79 bits per heavy atom. The molecule has 2 aromatic carbocycles. The molecule has 2 N–H and O–H groups in total. The van der Waals surface area contributed by atoms with Crippen molar-refractivity contribution in [3.05, 3.63) is 72.8 Å². The first-order chi connectivity index (χ1) is 14.3. The fourth-order valence-electron chi connectivity index (χ4n) is 3.59. The fraction of sp³-hybridized carbons (Fsp3) is 0.318. The van der Waals surface area contributed by atoms with Crippen LogP contribution in [0.4, 0.5) is 5.69 Å². The van der Waals surface area contributed by atoms with Crippen molar-refractivity contribution in [2.45, 2.75) is 25.9 Å². The van der Waals surface area contributed by atoms with Gasteiger partial charge in [0.1, 0.15) is 12.9 Å². The van der Waals surface area contributed by atoms with E-state index in [9.17, 15) is 0 Å². The van der Waals surface area contributed by atoms with Crippen LogP contribution in [0.2, 0.25) is 0 Å². The van der Waals surface area contributed by atoms with Gasteiger partial charge in [0.2, 0.25) is 0 Å². The van der Waals surface area contributed by atoms with Gasteiger partial charge in [-0.15, -0.1) is 10.2 Å². The van der Waals surface area contributed by atoms with E-state index in [4.69, 9.17) is 4.99 Å². The summed E-state index contributed by atoms with van der Waals surface area (Å²) in [6.45, 7) is 5.36. The van der Waals surface area contributed by atoms with Crippen LogP contribution in [0.15, 0.2) is 72.0 Å². The molecule has 3 aromatic rings. The van der Waals surface area contributed by atoms with Crippen LogP contribution in [-0.4, -0.2) is 46.4 Å². The molecule has 7 nitrogen and oxygen atoms in total. The smallest absolute Gasteiger partial charge is 0.191 e. The number of nitrogens with one attached hydrogen (secondary N) is 2. The summed E-state index contributed by atoms with van der Waals surface area (Å²) in [6, 6.07) is 21.0. The molecule has 1 aromatic heterocycles. The molecule has 1 atom stereocenters. The maximum atomic E-state index is 4.76. The first-order valence-electron chi connectivity index (χ1n) is 10.1. The van der Waals surface area contributed by atoms with Gasteiger partial charge in [0, 0.05) is 37.1 Å². The zero-order valence-electron chi connectivity index (χ0n) is 16.7. The standard InChI is InChI=1S/C22H27N7/c1-2-23-22(26-18-13-14-28(16-18)19-9-5-3-6-10-19)24-15-21-27-25-17-29(21)20-11-7-4-8-12-20/h3-12,17-18H,2,13-16H2,1H3,(H2,23,24,26). The topological polar surface area (TPSA) is 70.4 Å². The third-order valence-electron chi connectivity index (χ3n) is 5.03. The maximum absolute atomic E-state index is 4.76. The van der Waals surface area contributed by atoms with Crippen molar-refractivity contribution in [3.8, 4) is 5.69 Å². The van der Waals surface area contributed by atoms with Gasteiger partial charge in [-0.2, -0.15) is 0 Å². The average molecular weight is 390 g/mol. The number of hydrogen-bond donors (Lipinski definition) is 2. The Morgan fingerprint density at radius 1 is 1.07 bits per heavy atom. The van der Waals surface area contributed by atoms with E-state index in [0.717, 1.165) is 43.5 Å². The molecular weight excluding hydrogens is 362 g/mol. The molecule has 150 valence electrons. The Labute approximate surface area is 171 Å². The van der Waals surface area contributed by atoms with Gasteiger partial charge in [0.05, 0.1) is 0 Å². The van der Waals surface area contributed by atoms with Crippen LogP contribution in [0.25, 0.3) is 5.69 Å². The SMILES string of the molecule is CCNC(=NCc1nncn1-c1ccccc1)NC1CCN(c2ccccc2)C1. The Kier molecular flexibility index (Phi) is 6.04. The molecule has 0 saturated carbocycles. The predicted octanol–water partition coefficient (Wildman–Crippen LogP) is 2.60. The first-order valence-corrected chi connectivity index (χ1v) is 10.1. The lowest BCUT2D eigenvalue weighted by Crippen LogP contribution is -2.44. The van der Waals surface area contributed by atoms with Crippen molar-refractivity contribution >= 4 is 11.6 Å². The number of guanidine groups is 1. The summed E-state index contributed by atoms with van der Waals surface area (Å²) in [5, 5.41) is 15.2. The van der Waals surface area contributed by atoms with Crippen molar-refractivity contribution in [3.63, 3.8) is 0 Å². The van der Waals surface area contributed by atoms with Gasteiger partial charge < -0.3 is 15.5 Å². The van der Waals surface area contributed by atoms with Crippen molar-refractivity contribution in [2.24, 2.45) is 4.99 Å². The van der Waals surface area contributed by atoms with E-state index in [2.05, 4.69) is 63.0 Å². The van der Waals surface area contributed by atoms with Gasteiger partial charge in [0.25, 0.3) is 0 Å². The van der Waals surface area contributed by atoms with E-state index in [0.29, 0.717) is 12.6 Å². The number of hydrogen-bond acceptors (Lipinski definition) is 4. The number of rotatable bonds is 6. The van der Waals surface area contributed by atoms with E-state index >= 15 is 0 Å². The lowest BCUT2D eigenvalue weighted by Gasteiger charge is -2.20. The monoisotopic (exact) mass is 389 g/mol. The summed E-state index contributed by atoms with van der Waals surface area (Å²) in [6.07, 6.45) is 2.81. The molecule has 1 fully saturated rings. The van der Waals surface area contributed by atoms with E-state index in [1.165, 1.54) is 5.69 Å². The molecule has 2 heterocycles. The van der Waals surface area contributed by atoms with E-state index in [1.54, 1.807) is 6.33 Å². The predicted molar refractivity (Wildman–Crippen MR) is 116 cm³/mol. The zero-order valence-corrected chi connectivity index (χ0v) is 16.7. The minimum atomic E-state index is 0.361. The van der Waals surface area contributed by atoms with E-state index < -0.39 is 0 Å². The number of nitrogens with zero attached hydrogens (tertiary/aromatic N) is 5. The Hall–Kier alpha value is -3.35.